The SMILES string of the molecule is COc1ccc(-c2cc(=O)c3c(OC)c(C4OC(C(=O)NCC5CCCCC5)C(O)C(O)C4O)c(OC)cc3o2)cc1OC. The summed E-state index contributed by atoms with van der Waals surface area (Å²) in [6.45, 7) is 0.417. The topological polar surface area (TPSA) is 166 Å². The zero-order chi connectivity index (χ0) is 31.5. The van der Waals surface area contributed by atoms with Gasteiger partial charge in [-0.1, -0.05) is 19.3 Å². The van der Waals surface area contributed by atoms with Crippen molar-refractivity contribution in [1.82, 2.24) is 5.32 Å². The zero-order valence-electron chi connectivity index (χ0n) is 25.2. The highest BCUT2D eigenvalue weighted by atomic mass is 16.5. The van der Waals surface area contributed by atoms with Crippen LogP contribution in [-0.4, -0.2) is 80.6 Å². The van der Waals surface area contributed by atoms with Gasteiger partial charge in [0, 0.05) is 24.2 Å². The number of nitrogens with one attached hydrogen (secondary N) is 1. The molecular weight excluding hydrogens is 574 g/mol. The quantitative estimate of drug-likeness (QED) is 0.280. The van der Waals surface area contributed by atoms with Gasteiger partial charge in [-0.2, -0.15) is 0 Å². The Morgan fingerprint density at radius 3 is 2.23 bits per heavy atom. The Kier molecular flexibility index (Phi) is 9.64. The summed E-state index contributed by atoms with van der Waals surface area (Å²) in [7, 11) is 5.71. The Hall–Kier alpha value is -3.84. The number of aliphatic hydroxyl groups is 3. The van der Waals surface area contributed by atoms with Gasteiger partial charge in [0.2, 0.25) is 0 Å². The fraction of sp³-hybridized carbons (Fsp3) is 0.500. The zero-order valence-corrected chi connectivity index (χ0v) is 25.2. The Morgan fingerprint density at radius 2 is 1.57 bits per heavy atom. The summed E-state index contributed by atoms with van der Waals surface area (Å²) in [6, 6.07) is 7.81. The van der Waals surface area contributed by atoms with E-state index in [2.05, 4.69) is 5.32 Å². The van der Waals surface area contributed by atoms with Gasteiger partial charge in [-0.3, -0.25) is 9.59 Å². The minimum Gasteiger partial charge on any atom is -0.496 e. The maximum Gasteiger partial charge on any atom is 0.251 e. The molecule has 0 spiro atoms. The van der Waals surface area contributed by atoms with Gasteiger partial charge >= 0.3 is 0 Å². The van der Waals surface area contributed by atoms with E-state index in [0.717, 1.165) is 25.7 Å². The standard InChI is InChI=1S/C32H39NO11/c1-39-19-11-10-17(12-21(19)40-2)20-13-18(34)24-23(43-20)14-22(41-3)25(29(24)42-4)30-27(36)26(35)28(37)31(44-30)32(38)33-15-16-8-6-5-7-9-16/h10-14,16,26-28,30-31,35-37H,5-9,15H2,1-4H3,(H,33,38). The molecule has 5 atom stereocenters. The van der Waals surface area contributed by atoms with Gasteiger partial charge in [0.15, 0.2) is 23.0 Å². The Morgan fingerprint density at radius 1 is 0.864 bits per heavy atom. The molecule has 0 radical (unpaired) electrons. The highest BCUT2D eigenvalue weighted by molar-refractivity contribution is 5.89. The molecule has 2 fully saturated rings. The van der Waals surface area contributed by atoms with Crippen molar-refractivity contribution in [2.75, 3.05) is 35.0 Å². The van der Waals surface area contributed by atoms with E-state index in [1.807, 2.05) is 0 Å². The van der Waals surface area contributed by atoms with Crippen LogP contribution in [0.3, 0.4) is 0 Å². The molecule has 5 unspecified atom stereocenters. The Labute approximate surface area is 254 Å². The number of hydrogen-bond acceptors (Lipinski definition) is 11. The summed E-state index contributed by atoms with van der Waals surface area (Å²) in [6.07, 6.45) is -2.67. The minimum absolute atomic E-state index is 0.0269. The number of rotatable bonds is 9. The van der Waals surface area contributed by atoms with Crippen molar-refractivity contribution in [2.45, 2.75) is 62.6 Å². The number of benzene rings is 2. The molecule has 1 saturated carbocycles. The predicted octanol–water partition coefficient (Wildman–Crippen LogP) is 2.71. The van der Waals surface area contributed by atoms with Crippen molar-refractivity contribution in [1.29, 1.82) is 0 Å². The third-order valence-electron chi connectivity index (χ3n) is 8.51. The largest absolute Gasteiger partial charge is 0.496 e. The van der Waals surface area contributed by atoms with Crippen LogP contribution in [0.25, 0.3) is 22.3 Å². The summed E-state index contributed by atoms with van der Waals surface area (Å²) in [4.78, 5) is 26.8. The molecule has 5 rings (SSSR count). The molecule has 1 aromatic heterocycles. The maximum atomic E-state index is 13.6. The predicted molar refractivity (Wildman–Crippen MR) is 159 cm³/mol. The van der Waals surface area contributed by atoms with Crippen LogP contribution in [0.1, 0.15) is 43.8 Å². The van der Waals surface area contributed by atoms with E-state index < -0.39 is 41.9 Å². The van der Waals surface area contributed by atoms with Gasteiger partial charge in [-0.25, -0.2) is 0 Å². The van der Waals surface area contributed by atoms with E-state index in [1.54, 1.807) is 18.2 Å². The number of methoxy groups -OCH3 is 4. The van der Waals surface area contributed by atoms with Crippen molar-refractivity contribution in [2.24, 2.45) is 5.92 Å². The van der Waals surface area contributed by atoms with Crippen LogP contribution in [-0.2, 0) is 9.53 Å². The average molecular weight is 614 g/mol. The lowest BCUT2D eigenvalue weighted by atomic mass is 9.88. The molecular formula is C32H39NO11. The lowest BCUT2D eigenvalue weighted by Crippen LogP contribution is -2.59. The average Bonchev–Trinajstić information content (AvgIpc) is 3.05. The second-order valence-electron chi connectivity index (χ2n) is 11.1. The van der Waals surface area contributed by atoms with Crippen molar-refractivity contribution < 1.29 is 48.2 Å². The number of ether oxygens (including phenoxy) is 5. The van der Waals surface area contributed by atoms with Crippen molar-refractivity contribution in [3.8, 4) is 34.3 Å². The summed E-state index contributed by atoms with van der Waals surface area (Å²) in [5.41, 5.74) is 0.280. The van der Waals surface area contributed by atoms with Crippen molar-refractivity contribution in [3.63, 3.8) is 0 Å². The summed E-state index contributed by atoms with van der Waals surface area (Å²) in [5, 5.41) is 35.4. The molecule has 44 heavy (non-hydrogen) atoms. The Bertz CT molecular complexity index is 1550. The summed E-state index contributed by atoms with van der Waals surface area (Å²) in [5.74, 6) is 0.978. The molecule has 1 amide bonds. The van der Waals surface area contributed by atoms with Crippen LogP contribution in [0.2, 0.25) is 0 Å². The van der Waals surface area contributed by atoms with E-state index >= 15 is 0 Å². The number of fused-ring (bicyclic) bond motifs is 1. The van der Waals surface area contributed by atoms with Gasteiger partial charge in [0.25, 0.3) is 5.91 Å². The van der Waals surface area contributed by atoms with Gasteiger partial charge in [-0.15, -0.1) is 0 Å². The lowest BCUT2D eigenvalue weighted by Gasteiger charge is -2.40. The van der Waals surface area contributed by atoms with Crippen LogP contribution >= 0.6 is 0 Å². The fourth-order valence-electron chi connectivity index (χ4n) is 6.13. The smallest absolute Gasteiger partial charge is 0.251 e. The lowest BCUT2D eigenvalue weighted by molar-refractivity contribution is -0.223. The number of carbonyl (C=O) groups excluding carboxylic acids is 1. The highest BCUT2D eigenvalue weighted by Gasteiger charge is 2.49. The second-order valence-corrected chi connectivity index (χ2v) is 11.1. The molecule has 2 heterocycles. The first-order valence-electron chi connectivity index (χ1n) is 14.6. The molecule has 1 aliphatic heterocycles. The number of carbonyl (C=O) groups is 1. The van der Waals surface area contributed by atoms with Crippen LogP contribution in [0.4, 0.5) is 0 Å². The van der Waals surface area contributed by atoms with E-state index in [4.69, 9.17) is 28.1 Å². The van der Waals surface area contributed by atoms with E-state index in [1.165, 1.54) is 47.0 Å². The van der Waals surface area contributed by atoms with Gasteiger partial charge in [0.1, 0.15) is 52.6 Å². The van der Waals surface area contributed by atoms with E-state index in [-0.39, 0.29) is 33.8 Å². The van der Waals surface area contributed by atoms with E-state index in [0.29, 0.717) is 29.5 Å². The maximum absolute atomic E-state index is 13.6. The summed E-state index contributed by atoms with van der Waals surface area (Å²) < 4.78 is 34.1. The van der Waals surface area contributed by atoms with Gasteiger partial charge in [-0.05, 0) is 37.0 Å². The number of amides is 1. The third-order valence-corrected chi connectivity index (χ3v) is 8.51. The minimum atomic E-state index is -1.74. The molecule has 0 bridgehead atoms. The number of aliphatic hydroxyl groups excluding tert-OH is 3. The third kappa shape index (κ3) is 5.94. The van der Waals surface area contributed by atoms with Gasteiger partial charge in [0.05, 0.1) is 34.0 Å². The molecule has 3 aromatic rings. The Balaban J connectivity index is 1.53. The van der Waals surface area contributed by atoms with Crippen LogP contribution in [0, 0.1) is 5.92 Å². The molecule has 12 heteroatoms. The van der Waals surface area contributed by atoms with Gasteiger partial charge < -0.3 is 48.7 Å². The first kappa shape index (κ1) is 31.6. The first-order valence-corrected chi connectivity index (χ1v) is 14.6. The molecule has 4 N–H and O–H groups in total. The van der Waals surface area contributed by atoms with Crippen molar-refractivity contribution in [3.05, 3.63) is 46.1 Å². The monoisotopic (exact) mass is 613 g/mol. The molecule has 238 valence electrons. The second kappa shape index (κ2) is 13.4. The van der Waals surface area contributed by atoms with Crippen LogP contribution < -0.4 is 29.7 Å². The van der Waals surface area contributed by atoms with Crippen LogP contribution in [0.5, 0.6) is 23.0 Å². The molecule has 2 aromatic carbocycles. The first-order chi connectivity index (χ1) is 21.2. The molecule has 1 saturated heterocycles. The normalized spacial score (nSPS) is 24.1. The van der Waals surface area contributed by atoms with Crippen molar-refractivity contribution >= 4 is 16.9 Å². The van der Waals surface area contributed by atoms with E-state index in [9.17, 15) is 24.9 Å². The fourth-order valence-corrected chi connectivity index (χ4v) is 6.13. The molecule has 1 aliphatic carbocycles. The molecule has 12 nitrogen and oxygen atoms in total. The summed E-state index contributed by atoms with van der Waals surface area (Å²) >= 11 is 0. The molecule has 2 aliphatic rings. The highest BCUT2D eigenvalue weighted by Crippen LogP contribution is 2.46. The van der Waals surface area contributed by atoms with Crippen LogP contribution in [0.15, 0.2) is 39.5 Å². The number of hydrogen-bond donors (Lipinski definition) is 4.